The highest BCUT2D eigenvalue weighted by Gasteiger charge is 2.17. The van der Waals surface area contributed by atoms with E-state index in [1.54, 1.807) is 13.0 Å². The predicted molar refractivity (Wildman–Crippen MR) is 95.8 cm³/mol. The van der Waals surface area contributed by atoms with Gasteiger partial charge in [-0.25, -0.2) is 0 Å². The van der Waals surface area contributed by atoms with Crippen LogP contribution in [0.1, 0.15) is 6.92 Å². The van der Waals surface area contributed by atoms with Crippen molar-refractivity contribution in [2.45, 2.75) is 13.0 Å². The van der Waals surface area contributed by atoms with Crippen LogP contribution in [0.3, 0.4) is 0 Å². The minimum Gasteiger partial charge on any atom is -0.481 e. The van der Waals surface area contributed by atoms with Crippen molar-refractivity contribution in [1.29, 1.82) is 0 Å². The van der Waals surface area contributed by atoms with Gasteiger partial charge in [0.15, 0.2) is 6.10 Å². The van der Waals surface area contributed by atoms with Gasteiger partial charge < -0.3 is 10.1 Å². The third-order valence-corrected chi connectivity index (χ3v) is 3.76. The Labute approximate surface area is 144 Å². The molecule has 3 aromatic rings. The Balaban J connectivity index is 1.74. The average Bonchev–Trinajstić information content (AvgIpc) is 2.62. The average molecular weight is 336 g/mol. The van der Waals surface area contributed by atoms with Crippen molar-refractivity contribution in [3.63, 3.8) is 0 Å². The molecule has 0 heterocycles. The van der Waals surface area contributed by atoms with E-state index in [2.05, 4.69) is 5.32 Å². The molecule has 1 atom stereocenters. The molecule has 1 N–H and O–H groups in total. The number of carbonyl (C=O) groups excluding carboxylic acids is 1. The topological polar surface area (TPSA) is 81.5 Å². The zero-order chi connectivity index (χ0) is 17.8. The van der Waals surface area contributed by atoms with Crippen LogP contribution in [0, 0.1) is 10.1 Å². The number of rotatable bonds is 5. The number of benzene rings is 3. The van der Waals surface area contributed by atoms with E-state index in [4.69, 9.17) is 4.74 Å². The molecule has 1 unspecified atom stereocenters. The number of anilines is 1. The number of nitro groups is 1. The van der Waals surface area contributed by atoms with Crippen LogP contribution in [-0.2, 0) is 4.79 Å². The normalized spacial score (nSPS) is 11.7. The molecular weight excluding hydrogens is 320 g/mol. The van der Waals surface area contributed by atoms with Gasteiger partial charge in [-0.1, -0.05) is 42.5 Å². The largest absolute Gasteiger partial charge is 0.481 e. The van der Waals surface area contributed by atoms with Crippen molar-refractivity contribution in [3.8, 4) is 5.75 Å². The number of amides is 1. The lowest BCUT2D eigenvalue weighted by atomic mass is 10.1. The lowest BCUT2D eigenvalue weighted by Crippen LogP contribution is -2.30. The third-order valence-electron chi connectivity index (χ3n) is 3.76. The number of carbonyl (C=O) groups is 1. The van der Waals surface area contributed by atoms with E-state index in [0.29, 0.717) is 5.69 Å². The van der Waals surface area contributed by atoms with Gasteiger partial charge in [-0.2, -0.15) is 0 Å². The molecule has 126 valence electrons. The second-order valence-corrected chi connectivity index (χ2v) is 5.53. The molecule has 0 aromatic heterocycles. The molecule has 0 aliphatic rings. The quantitative estimate of drug-likeness (QED) is 0.560. The fraction of sp³-hybridized carbons (Fsp3) is 0.105. The molecule has 0 bridgehead atoms. The van der Waals surface area contributed by atoms with Crippen molar-refractivity contribution < 1.29 is 14.5 Å². The maximum Gasteiger partial charge on any atom is 0.273 e. The number of ether oxygens (including phenoxy) is 1. The number of nitrogens with one attached hydrogen (secondary N) is 1. The molecule has 0 aliphatic heterocycles. The van der Waals surface area contributed by atoms with Gasteiger partial charge in [-0.3, -0.25) is 14.9 Å². The smallest absolute Gasteiger partial charge is 0.273 e. The Bertz CT molecular complexity index is 934. The Morgan fingerprint density at radius 3 is 2.60 bits per heavy atom. The fourth-order valence-corrected chi connectivity index (χ4v) is 2.50. The molecular formula is C19H16N2O4. The van der Waals surface area contributed by atoms with E-state index in [1.807, 2.05) is 42.5 Å². The molecule has 0 aliphatic carbocycles. The summed E-state index contributed by atoms with van der Waals surface area (Å²) < 4.78 is 5.53. The maximum absolute atomic E-state index is 12.4. The summed E-state index contributed by atoms with van der Waals surface area (Å²) in [5, 5.41) is 15.6. The Hall–Kier alpha value is -3.41. The first-order chi connectivity index (χ1) is 12.0. The summed E-state index contributed by atoms with van der Waals surface area (Å²) in [5.41, 5.74) is 0.608. The summed E-state index contributed by atoms with van der Waals surface area (Å²) in [6.07, 6.45) is -0.805. The van der Waals surface area contributed by atoms with E-state index >= 15 is 0 Å². The van der Waals surface area contributed by atoms with Crippen molar-refractivity contribution in [1.82, 2.24) is 0 Å². The van der Waals surface area contributed by atoms with E-state index in [0.717, 1.165) is 10.8 Å². The molecule has 0 spiro atoms. The van der Waals surface area contributed by atoms with Gasteiger partial charge in [0.05, 0.1) is 11.0 Å². The van der Waals surface area contributed by atoms with E-state index in [1.165, 1.54) is 18.2 Å². The molecule has 0 saturated carbocycles. The summed E-state index contributed by atoms with van der Waals surface area (Å²) in [5.74, 6) is -0.0578. The van der Waals surface area contributed by atoms with Gasteiger partial charge in [0.2, 0.25) is 0 Å². The van der Waals surface area contributed by atoms with Crippen molar-refractivity contribution >= 4 is 28.1 Å². The monoisotopic (exact) mass is 336 g/mol. The number of hydrogen-bond donors (Lipinski definition) is 1. The van der Waals surface area contributed by atoms with Crippen LogP contribution >= 0.6 is 0 Å². The van der Waals surface area contributed by atoms with Gasteiger partial charge in [-0.15, -0.1) is 0 Å². The summed E-state index contributed by atoms with van der Waals surface area (Å²) in [6.45, 7) is 1.60. The Morgan fingerprint density at radius 1 is 1.08 bits per heavy atom. The summed E-state index contributed by atoms with van der Waals surface area (Å²) >= 11 is 0. The maximum atomic E-state index is 12.4. The van der Waals surface area contributed by atoms with Gasteiger partial charge >= 0.3 is 0 Å². The minimum absolute atomic E-state index is 0.0841. The fourth-order valence-electron chi connectivity index (χ4n) is 2.50. The first-order valence-corrected chi connectivity index (χ1v) is 7.74. The molecule has 3 rings (SSSR count). The number of nitro benzene ring substituents is 1. The highest BCUT2D eigenvalue weighted by Crippen LogP contribution is 2.24. The zero-order valence-electron chi connectivity index (χ0n) is 13.5. The molecule has 6 nitrogen and oxygen atoms in total. The van der Waals surface area contributed by atoms with E-state index in [9.17, 15) is 14.9 Å². The SMILES string of the molecule is CC(Oc1cccc([N+](=O)[O-])c1)C(=O)Nc1cccc2ccccc12. The molecule has 0 fully saturated rings. The first kappa shape index (κ1) is 16.4. The van der Waals surface area contributed by atoms with Crippen LogP contribution in [0.4, 0.5) is 11.4 Å². The van der Waals surface area contributed by atoms with E-state index < -0.39 is 11.0 Å². The van der Waals surface area contributed by atoms with Gasteiger partial charge in [-0.05, 0) is 24.4 Å². The Morgan fingerprint density at radius 2 is 1.80 bits per heavy atom. The van der Waals surface area contributed by atoms with Crippen LogP contribution in [0.5, 0.6) is 5.75 Å². The number of non-ortho nitro benzene ring substituents is 1. The third kappa shape index (κ3) is 3.74. The Kier molecular flexibility index (Phi) is 4.61. The van der Waals surface area contributed by atoms with Crippen LogP contribution in [0.15, 0.2) is 66.7 Å². The second-order valence-electron chi connectivity index (χ2n) is 5.53. The van der Waals surface area contributed by atoms with Crippen molar-refractivity contribution in [2.24, 2.45) is 0 Å². The highest BCUT2D eigenvalue weighted by atomic mass is 16.6. The van der Waals surface area contributed by atoms with Crippen LogP contribution < -0.4 is 10.1 Å². The molecule has 0 saturated heterocycles. The van der Waals surface area contributed by atoms with Crippen LogP contribution in [0.2, 0.25) is 0 Å². The molecule has 0 radical (unpaired) electrons. The second kappa shape index (κ2) is 7.00. The summed E-state index contributed by atoms with van der Waals surface area (Å²) in [4.78, 5) is 22.7. The molecule has 3 aromatic carbocycles. The van der Waals surface area contributed by atoms with Crippen molar-refractivity contribution in [2.75, 3.05) is 5.32 Å². The van der Waals surface area contributed by atoms with Crippen molar-refractivity contribution in [3.05, 3.63) is 76.8 Å². The molecule has 25 heavy (non-hydrogen) atoms. The minimum atomic E-state index is -0.805. The van der Waals surface area contributed by atoms with Gasteiger partial charge in [0.1, 0.15) is 5.75 Å². The summed E-state index contributed by atoms with van der Waals surface area (Å²) in [6, 6.07) is 19.1. The van der Waals surface area contributed by atoms with Crippen LogP contribution in [0.25, 0.3) is 10.8 Å². The predicted octanol–water partition coefficient (Wildman–Crippen LogP) is 4.15. The first-order valence-electron chi connectivity index (χ1n) is 7.74. The van der Waals surface area contributed by atoms with Crippen LogP contribution in [-0.4, -0.2) is 16.9 Å². The standard InChI is InChI=1S/C19H16N2O4/c1-13(25-16-9-5-8-15(12-16)21(23)24)19(22)20-18-11-4-7-14-6-2-3-10-17(14)18/h2-13H,1H3,(H,20,22). The van der Waals surface area contributed by atoms with Gasteiger partial charge in [0, 0.05) is 17.1 Å². The lowest BCUT2D eigenvalue weighted by Gasteiger charge is -2.15. The summed E-state index contributed by atoms with van der Waals surface area (Å²) in [7, 11) is 0. The molecule has 6 heteroatoms. The lowest BCUT2D eigenvalue weighted by molar-refractivity contribution is -0.384. The zero-order valence-corrected chi connectivity index (χ0v) is 13.5. The number of fused-ring (bicyclic) bond motifs is 1. The number of hydrogen-bond acceptors (Lipinski definition) is 4. The molecule has 1 amide bonds. The number of nitrogens with zero attached hydrogens (tertiary/aromatic N) is 1. The highest BCUT2D eigenvalue weighted by molar-refractivity contribution is 6.03. The van der Waals surface area contributed by atoms with E-state index in [-0.39, 0.29) is 17.3 Å². The van der Waals surface area contributed by atoms with Gasteiger partial charge in [0.25, 0.3) is 11.6 Å².